The molecule has 0 N–H and O–H groups in total. The second kappa shape index (κ2) is 15.1. The predicted molar refractivity (Wildman–Crippen MR) is 253 cm³/mol. The third-order valence-electron chi connectivity index (χ3n) is 11.7. The summed E-state index contributed by atoms with van der Waals surface area (Å²) in [6.07, 6.45) is 0. The van der Waals surface area contributed by atoms with Crippen LogP contribution in [0.1, 0.15) is 0 Å². The van der Waals surface area contributed by atoms with Gasteiger partial charge in [0.2, 0.25) is 0 Å². The van der Waals surface area contributed by atoms with Crippen LogP contribution in [0.2, 0.25) is 0 Å². The number of hydrogen-bond donors (Lipinski definition) is 0. The topological polar surface area (TPSA) is 16.4 Å². The second-order valence-electron chi connectivity index (χ2n) is 15.2. The minimum Gasteiger partial charge on any atom is -0.455 e. The Morgan fingerprint density at radius 3 is 1.07 bits per heavy atom. The van der Waals surface area contributed by atoms with E-state index in [-0.39, 0.29) is 0 Å². The molecule has 0 saturated heterocycles. The summed E-state index contributed by atoms with van der Waals surface area (Å²) in [5, 5.41) is 4.70. The molecule has 1 aromatic heterocycles. The molecular formula is C58H39NO. The molecule has 2 nitrogen and oxygen atoms in total. The van der Waals surface area contributed by atoms with Gasteiger partial charge < -0.3 is 9.32 Å². The highest BCUT2D eigenvalue weighted by atomic mass is 16.3. The third kappa shape index (κ3) is 6.32. The van der Waals surface area contributed by atoms with E-state index < -0.39 is 0 Å². The highest BCUT2D eigenvalue weighted by Crippen LogP contribution is 2.48. The van der Waals surface area contributed by atoms with Crippen molar-refractivity contribution >= 4 is 49.8 Å². The molecule has 282 valence electrons. The van der Waals surface area contributed by atoms with E-state index in [1.54, 1.807) is 0 Å². The molecule has 0 saturated carbocycles. The summed E-state index contributed by atoms with van der Waals surface area (Å²) in [7, 11) is 0. The van der Waals surface area contributed by atoms with Crippen molar-refractivity contribution in [3.05, 3.63) is 237 Å². The molecule has 1 heterocycles. The van der Waals surface area contributed by atoms with E-state index in [9.17, 15) is 0 Å². The average molecular weight is 766 g/mol. The van der Waals surface area contributed by atoms with Crippen molar-refractivity contribution in [1.82, 2.24) is 0 Å². The Morgan fingerprint density at radius 2 is 0.583 bits per heavy atom. The van der Waals surface area contributed by atoms with Crippen LogP contribution in [0.25, 0.3) is 88.3 Å². The van der Waals surface area contributed by atoms with Gasteiger partial charge in [-0.3, -0.25) is 0 Å². The first-order valence-corrected chi connectivity index (χ1v) is 20.5. The number of nitrogens with zero attached hydrogens (tertiary/aromatic N) is 1. The molecule has 0 unspecified atom stereocenters. The predicted octanol–water partition coefficient (Wildman–Crippen LogP) is 16.5. The fraction of sp³-hybridized carbons (Fsp3) is 0. The van der Waals surface area contributed by atoms with Crippen molar-refractivity contribution in [3.63, 3.8) is 0 Å². The van der Waals surface area contributed by atoms with E-state index in [0.717, 1.165) is 66.8 Å². The van der Waals surface area contributed by atoms with E-state index in [2.05, 4.69) is 235 Å². The molecule has 11 rings (SSSR count). The van der Waals surface area contributed by atoms with Crippen molar-refractivity contribution in [2.24, 2.45) is 0 Å². The summed E-state index contributed by atoms with van der Waals surface area (Å²) >= 11 is 0. The fourth-order valence-corrected chi connectivity index (χ4v) is 8.78. The summed E-state index contributed by atoms with van der Waals surface area (Å²) < 4.78 is 6.74. The lowest BCUT2D eigenvalue weighted by molar-refractivity contribution is 0.670. The highest BCUT2D eigenvalue weighted by Gasteiger charge is 2.22. The maximum Gasteiger partial charge on any atom is 0.144 e. The first-order valence-electron chi connectivity index (χ1n) is 20.5. The Morgan fingerprint density at radius 1 is 0.250 bits per heavy atom. The molecule has 0 aliphatic rings. The van der Waals surface area contributed by atoms with E-state index >= 15 is 0 Å². The van der Waals surface area contributed by atoms with Crippen molar-refractivity contribution in [2.45, 2.75) is 0 Å². The van der Waals surface area contributed by atoms with Gasteiger partial charge in [-0.1, -0.05) is 194 Å². The Hall–Kier alpha value is -7.94. The fourth-order valence-electron chi connectivity index (χ4n) is 8.78. The van der Waals surface area contributed by atoms with Crippen LogP contribution >= 0.6 is 0 Å². The molecule has 0 bridgehead atoms. The van der Waals surface area contributed by atoms with E-state index in [0.29, 0.717) is 0 Å². The van der Waals surface area contributed by atoms with Crippen LogP contribution in [0.15, 0.2) is 241 Å². The lowest BCUT2D eigenvalue weighted by atomic mass is 9.86. The average Bonchev–Trinajstić information content (AvgIpc) is 3.73. The molecule has 0 aliphatic heterocycles. The molecule has 0 aliphatic carbocycles. The Kier molecular flexibility index (Phi) is 8.87. The molecule has 10 aromatic carbocycles. The number of para-hydroxylation sites is 1. The van der Waals surface area contributed by atoms with Gasteiger partial charge >= 0.3 is 0 Å². The van der Waals surface area contributed by atoms with Crippen LogP contribution in [-0.4, -0.2) is 0 Å². The largest absolute Gasteiger partial charge is 0.455 e. The van der Waals surface area contributed by atoms with Crippen molar-refractivity contribution in [2.75, 3.05) is 4.90 Å². The molecule has 0 fully saturated rings. The second-order valence-corrected chi connectivity index (χ2v) is 15.2. The Labute approximate surface area is 349 Å². The van der Waals surface area contributed by atoms with Crippen LogP contribution < -0.4 is 4.90 Å². The zero-order valence-electron chi connectivity index (χ0n) is 32.9. The quantitative estimate of drug-likeness (QED) is 0.153. The molecule has 0 atom stereocenters. The minimum absolute atomic E-state index is 0.901. The summed E-state index contributed by atoms with van der Waals surface area (Å²) in [5.41, 5.74) is 16.8. The van der Waals surface area contributed by atoms with Gasteiger partial charge in [0.25, 0.3) is 0 Å². The van der Waals surface area contributed by atoms with Crippen molar-refractivity contribution in [1.29, 1.82) is 0 Å². The molecule has 0 amide bonds. The number of benzene rings is 10. The zero-order valence-corrected chi connectivity index (χ0v) is 32.9. The summed E-state index contributed by atoms with van der Waals surface area (Å²) in [5.74, 6) is 0. The van der Waals surface area contributed by atoms with Gasteiger partial charge in [0, 0.05) is 39.0 Å². The van der Waals surface area contributed by atoms with E-state index in [4.69, 9.17) is 4.42 Å². The van der Waals surface area contributed by atoms with Gasteiger partial charge in [0.1, 0.15) is 11.2 Å². The van der Waals surface area contributed by atoms with Crippen molar-refractivity contribution in [3.8, 4) is 55.6 Å². The van der Waals surface area contributed by atoms with Crippen LogP contribution in [0.3, 0.4) is 0 Å². The summed E-state index contributed by atoms with van der Waals surface area (Å²) in [4.78, 5) is 2.33. The van der Waals surface area contributed by atoms with E-state index in [1.165, 1.54) is 38.6 Å². The molecule has 60 heavy (non-hydrogen) atoms. The lowest BCUT2D eigenvalue weighted by Crippen LogP contribution is -2.09. The van der Waals surface area contributed by atoms with Crippen molar-refractivity contribution < 1.29 is 4.42 Å². The Bertz CT molecular complexity index is 3160. The SMILES string of the molecule is c1ccc(-c2ccc(N(c3ccc(-c4ccccc4)cc3)c3ccc(-c4ccc(-c5c(-c6ccccc6)c6oc7ccccc7c6c6ccccc56)cc4)cc3)cc2)cc1. The molecule has 2 heteroatoms. The minimum atomic E-state index is 0.901. The number of anilines is 3. The van der Waals surface area contributed by atoms with Crippen LogP contribution in [0.4, 0.5) is 17.1 Å². The maximum atomic E-state index is 6.74. The van der Waals surface area contributed by atoms with Gasteiger partial charge in [-0.25, -0.2) is 0 Å². The first-order chi connectivity index (χ1) is 29.8. The number of hydrogen-bond acceptors (Lipinski definition) is 2. The lowest BCUT2D eigenvalue weighted by Gasteiger charge is -2.26. The third-order valence-corrected chi connectivity index (χ3v) is 11.7. The zero-order chi connectivity index (χ0) is 39.8. The number of furan rings is 1. The van der Waals surface area contributed by atoms with E-state index in [1.807, 2.05) is 6.07 Å². The first kappa shape index (κ1) is 35.2. The Balaban J connectivity index is 0.976. The van der Waals surface area contributed by atoms with Gasteiger partial charge in [-0.05, 0) is 97.7 Å². The molecule has 0 radical (unpaired) electrons. The van der Waals surface area contributed by atoms with Gasteiger partial charge in [0.15, 0.2) is 0 Å². The number of rotatable bonds is 8. The molecular weight excluding hydrogens is 727 g/mol. The highest BCUT2D eigenvalue weighted by molar-refractivity contribution is 6.27. The van der Waals surface area contributed by atoms with Crippen LogP contribution in [0.5, 0.6) is 0 Å². The summed E-state index contributed by atoms with van der Waals surface area (Å²) in [6.45, 7) is 0. The van der Waals surface area contributed by atoms with Gasteiger partial charge in [-0.15, -0.1) is 0 Å². The van der Waals surface area contributed by atoms with Crippen LogP contribution in [0, 0.1) is 0 Å². The smallest absolute Gasteiger partial charge is 0.144 e. The molecule has 11 aromatic rings. The van der Waals surface area contributed by atoms with Gasteiger partial charge in [-0.2, -0.15) is 0 Å². The van der Waals surface area contributed by atoms with Gasteiger partial charge in [0.05, 0.1) is 0 Å². The molecule has 0 spiro atoms. The normalized spacial score (nSPS) is 11.3. The maximum absolute atomic E-state index is 6.74. The number of fused-ring (bicyclic) bond motifs is 5. The summed E-state index contributed by atoms with van der Waals surface area (Å²) in [6, 6.07) is 84.6. The van der Waals surface area contributed by atoms with Crippen LogP contribution in [-0.2, 0) is 0 Å². The standard InChI is InChI=1S/C58H39NO/c1-4-14-40(15-5-1)43-28-34-48(35-29-43)59(49-36-30-44(31-37-49)41-16-6-2-7-17-41)50-38-32-45(33-39-50)42-24-26-47(27-25-42)55-51-20-10-11-21-52(51)57-53-22-12-13-23-54(53)60-58(57)56(55)46-18-8-3-9-19-46/h1-39H. The monoisotopic (exact) mass is 765 g/mol.